The molecule has 0 heterocycles. The molecule has 0 aliphatic carbocycles. The molecule has 2 aromatic rings. The zero-order valence-corrected chi connectivity index (χ0v) is 14.6. The van der Waals surface area contributed by atoms with E-state index in [2.05, 4.69) is 10.6 Å². The molecule has 0 unspecified atom stereocenters. The largest absolute Gasteiger partial charge is 0.340 e. The van der Waals surface area contributed by atoms with Crippen LogP contribution in [0.15, 0.2) is 54.6 Å². The van der Waals surface area contributed by atoms with Gasteiger partial charge in [-0.2, -0.15) is 0 Å². The minimum Gasteiger partial charge on any atom is -0.340 e. The summed E-state index contributed by atoms with van der Waals surface area (Å²) in [5, 5.41) is 5.65. The van der Waals surface area contributed by atoms with Gasteiger partial charge in [-0.3, -0.25) is 13.8 Å². The highest BCUT2D eigenvalue weighted by Crippen LogP contribution is 2.15. The van der Waals surface area contributed by atoms with Crippen molar-refractivity contribution in [2.75, 3.05) is 17.3 Å². The smallest absolute Gasteiger partial charge is 0.313 e. The molecule has 2 amide bonds. The standard InChI is InChI=1S/C17H17ClN2O3S/c1-24(23)11-15(12-5-3-2-4-6-12)20-17(22)16(21)19-14-9-7-13(18)8-10-14/h2-10,15H,11H2,1H3,(H,19,21)(H,20,22)/t15-,24-/m1/s1. The van der Waals surface area contributed by atoms with E-state index in [1.165, 1.54) is 0 Å². The molecule has 0 saturated heterocycles. The van der Waals surface area contributed by atoms with Crippen molar-refractivity contribution in [2.24, 2.45) is 0 Å². The summed E-state index contributed by atoms with van der Waals surface area (Å²) in [6.45, 7) is 0. The maximum absolute atomic E-state index is 12.1. The van der Waals surface area contributed by atoms with Gasteiger partial charge < -0.3 is 10.6 Å². The van der Waals surface area contributed by atoms with Crippen LogP contribution in [-0.4, -0.2) is 28.0 Å². The molecule has 0 aromatic heterocycles. The van der Waals surface area contributed by atoms with Crippen molar-refractivity contribution in [2.45, 2.75) is 6.04 Å². The first-order valence-electron chi connectivity index (χ1n) is 7.18. The van der Waals surface area contributed by atoms with Gasteiger partial charge in [-0.1, -0.05) is 41.9 Å². The molecule has 2 aromatic carbocycles. The van der Waals surface area contributed by atoms with Crippen LogP contribution < -0.4 is 10.6 Å². The van der Waals surface area contributed by atoms with Gasteiger partial charge in [-0.05, 0) is 29.8 Å². The molecule has 0 aliphatic rings. The molecule has 2 rings (SSSR count). The molecular weight excluding hydrogens is 348 g/mol. The molecule has 0 bridgehead atoms. The average Bonchev–Trinajstić information content (AvgIpc) is 2.56. The van der Waals surface area contributed by atoms with Crippen LogP contribution in [0.5, 0.6) is 0 Å². The van der Waals surface area contributed by atoms with Gasteiger partial charge in [-0.25, -0.2) is 0 Å². The van der Waals surface area contributed by atoms with Crippen molar-refractivity contribution in [3.8, 4) is 0 Å². The summed E-state index contributed by atoms with van der Waals surface area (Å²) in [7, 11) is -1.13. The van der Waals surface area contributed by atoms with Crippen LogP contribution in [0.1, 0.15) is 11.6 Å². The quantitative estimate of drug-likeness (QED) is 0.800. The van der Waals surface area contributed by atoms with Crippen molar-refractivity contribution in [1.82, 2.24) is 5.32 Å². The molecule has 0 radical (unpaired) electrons. The number of rotatable bonds is 5. The second kappa shape index (κ2) is 8.61. The molecule has 0 spiro atoms. The van der Waals surface area contributed by atoms with Crippen LogP contribution >= 0.6 is 11.6 Å². The number of nitrogens with one attached hydrogen (secondary N) is 2. The summed E-state index contributed by atoms with van der Waals surface area (Å²) >= 11 is 5.78. The molecule has 24 heavy (non-hydrogen) atoms. The van der Waals surface area contributed by atoms with E-state index >= 15 is 0 Å². The predicted molar refractivity (Wildman–Crippen MR) is 96.3 cm³/mol. The number of amides is 2. The number of benzene rings is 2. The Hall–Kier alpha value is -2.18. The van der Waals surface area contributed by atoms with Crippen molar-refractivity contribution in [3.05, 3.63) is 65.2 Å². The highest BCUT2D eigenvalue weighted by Gasteiger charge is 2.21. The second-order valence-corrected chi connectivity index (χ2v) is 7.05. The SMILES string of the molecule is C[S@@](=O)C[C@@H](NC(=O)C(=O)Nc1ccc(Cl)cc1)c1ccccc1. The first-order chi connectivity index (χ1) is 11.5. The van der Waals surface area contributed by atoms with E-state index in [9.17, 15) is 13.8 Å². The van der Waals surface area contributed by atoms with Crippen LogP contribution in [-0.2, 0) is 20.4 Å². The van der Waals surface area contributed by atoms with Crippen LogP contribution in [0.25, 0.3) is 0 Å². The Bertz CT molecular complexity index is 735. The first-order valence-corrected chi connectivity index (χ1v) is 9.28. The summed E-state index contributed by atoms with van der Waals surface area (Å²) in [4.78, 5) is 24.1. The van der Waals surface area contributed by atoms with Gasteiger partial charge in [0.2, 0.25) is 0 Å². The lowest BCUT2D eigenvalue weighted by molar-refractivity contribution is -0.136. The Morgan fingerprint density at radius 2 is 1.67 bits per heavy atom. The van der Waals surface area contributed by atoms with Crippen LogP contribution in [0.2, 0.25) is 5.02 Å². The first kappa shape index (κ1) is 18.2. The van der Waals surface area contributed by atoms with E-state index in [1.54, 1.807) is 30.5 Å². The lowest BCUT2D eigenvalue weighted by Gasteiger charge is -2.18. The Morgan fingerprint density at radius 3 is 2.25 bits per heavy atom. The highest BCUT2D eigenvalue weighted by atomic mass is 35.5. The topological polar surface area (TPSA) is 75.3 Å². The van der Waals surface area contributed by atoms with Crippen LogP contribution in [0.4, 0.5) is 5.69 Å². The van der Waals surface area contributed by atoms with Crippen molar-refractivity contribution in [1.29, 1.82) is 0 Å². The van der Waals surface area contributed by atoms with Gasteiger partial charge in [0.25, 0.3) is 0 Å². The minimum absolute atomic E-state index is 0.226. The van der Waals surface area contributed by atoms with Gasteiger partial charge in [0.15, 0.2) is 0 Å². The van der Waals surface area contributed by atoms with E-state index in [0.717, 1.165) is 5.56 Å². The van der Waals surface area contributed by atoms with Crippen molar-refractivity contribution >= 4 is 39.9 Å². The number of hydrogen-bond acceptors (Lipinski definition) is 3. The van der Waals surface area contributed by atoms with Gasteiger partial charge in [0.1, 0.15) is 0 Å². The molecule has 0 saturated carbocycles. The van der Waals surface area contributed by atoms with E-state index < -0.39 is 28.7 Å². The summed E-state index contributed by atoms with van der Waals surface area (Å²) in [5.74, 6) is -1.35. The maximum Gasteiger partial charge on any atom is 0.313 e. The van der Waals surface area contributed by atoms with E-state index in [1.807, 2.05) is 30.3 Å². The van der Waals surface area contributed by atoms with E-state index in [-0.39, 0.29) is 5.75 Å². The predicted octanol–water partition coefficient (Wildman–Crippen LogP) is 2.51. The molecule has 2 N–H and O–H groups in total. The van der Waals surface area contributed by atoms with Gasteiger partial charge in [0, 0.05) is 33.5 Å². The van der Waals surface area contributed by atoms with Crippen molar-refractivity contribution < 1.29 is 13.8 Å². The number of halogens is 1. The second-order valence-electron chi connectivity index (χ2n) is 5.14. The molecule has 0 aliphatic heterocycles. The average molecular weight is 365 g/mol. The van der Waals surface area contributed by atoms with Gasteiger partial charge >= 0.3 is 11.8 Å². The molecule has 7 heteroatoms. The summed E-state index contributed by atoms with van der Waals surface area (Å²) in [6.07, 6.45) is 1.55. The summed E-state index contributed by atoms with van der Waals surface area (Å²) in [5.41, 5.74) is 1.26. The van der Waals surface area contributed by atoms with E-state index in [0.29, 0.717) is 10.7 Å². The van der Waals surface area contributed by atoms with E-state index in [4.69, 9.17) is 11.6 Å². The normalized spacial score (nSPS) is 12.9. The third-order valence-electron chi connectivity index (χ3n) is 3.22. The Labute approximate surface area is 147 Å². The number of hydrogen-bond donors (Lipinski definition) is 2. The number of anilines is 1. The minimum atomic E-state index is -1.13. The zero-order chi connectivity index (χ0) is 17.5. The van der Waals surface area contributed by atoms with Gasteiger partial charge in [0.05, 0.1) is 6.04 Å². The molecular formula is C17H17ClN2O3S. The molecule has 0 fully saturated rings. The fourth-order valence-electron chi connectivity index (χ4n) is 2.09. The Balaban J connectivity index is 2.05. The number of carbonyl (C=O) groups is 2. The maximum atomic E-state index is 12.1. The Morgan fingerprint density at radius 1 is 1.04 bits per heavy atom. The zero-order valence-electron chi connectivity index (χ0n) is 13.0. The third-order valence-corrected chi connectivity index (χ3v) is 4.27. The fraction of sp³-hybridized carbons (Fsp3) is 0.176. The monoisotopic (exact) mass is 364 g/mol. The molecule has 2 atom stereocenters. The van der Waals surface area contributed by atoms with Gasteiger partial charge in [-0.15, -0.1) is 0 Å². The summed E-state index contributed by atoms with van der Waals surface area (Å²) in [6, 6.07) is 15.0. The van der Waals surface area contributed by atoms with Crippen LogP contribution in [0.3, 0.4) is 0 Å². The fourth-order valence-corrected chi connectivity index (χ4v) is 2.96. The highest BCUT2D eigenvalue weighted by molar-refractivity contribution is 7.84. The summed E-state index contributed by atoms with van der Waals surface area (Å²) < 4.78 is 11.5. The third kappa shape index (κ3) is 5.47. The lowest BCUT2D eigenvalue weighted by atomic mass is 10.1. The molecule has 5 nitrogen and oxygen atoms in total. The Kier molecular flexibility index (Phi) is 6.52. The molecule has 126 valence electrons. The van der Waals surface area contributed by atoms with Crippen molar-refractivity contribution in [3.63, 3.8) is 0 Å². The number of carbonyl (C=O) groups excluding carboxylic acids is 2. The van der Waals surface area contributed by atoms with Crippen LogP contribution in [0, 0.1) is 0 Å². The lowest BCUT2D eigenvalue weighted by Crippen LogP contribution is -2.39.